The van der Waals surface area contributed by atoms with E-state index in [4.69, 9.17) is 27.9 Å². The van der Waals surface area contributed by atoms with E-state index in [1.54, 1.807) is 30.5 Å². The summed E-state index contributed by atoms with van der Waals surface area (Å²) in [5.74, 6) is 3.89. The molecule has 11 nitrogen and oxygen atoms in total. The summed E-state index contributed by atoms with van der Waals surface area (Å²) in [5, 5.41) is 9.54. The Morgan fingerprint density at radius 1 is 1.20 bits per heavy atom. The molecule has 1 aliphatic rings. The second kappa shape index (κ2) is 14.3. The van der Waals surface area contributed by atoms with Crippen LogP contribution in [0.3, 0.4) is 0 Å². The maximum Gasteiger partial charge on any atom is 0.269 e. The Balaban J connectivity index is 1.67. The quantitative estimate of drug-likeness (QED) is 0.145. The lowest BCUT2D eigenvalue weighted by molar-refractivity contribution is -0.120. The minimum atomic E-state index is -0.743. The second-order valence-electron chi connectivity index (χ2n) is 10.5. The van der Waals surface area contributed by atoms with E-state index in [2.05, 4.69) is 20.9 Å². The van der Waals surface area contributed by atoms with Crippen LogP contribution in [-0.2, 0) is 19.1 Å². The number of nitrogens with two attached hydrogens (primary N) is 2. The third-order valence-electron chi connectivity index (χ3n) is 7.36. The van der Waals surface area contributed by atoms with Crippen LogP contribution >= 0.6 is 11.6 Å². The number of amides is 3. The van der Waals surface area contributed by atoms with Gasteiger partial charge in [-0.2, -0.15) is 0 Å². The van der Waals surface area contributed by atoms with Crippen LogP contribution in [0.15, 0.2) is 66.1 Å². The van der Waals surface area contributed by atoms with Crippen molar-refractivity contribution in [3.63, 3.8) is 0 Å². The van der Waals surface area contributed by atoms with E-state index < -0.39 is 17.8 Å². The number of hydrogen-bond donors (Lipinski definition) is 5. The van der Waals surface area contributed by atoms with E-state index in [0.717, 1.165) is 10.6 Å². The van der Waals surface area contributed by atoms with Crippen LogP contribution in [0.2, 0.25) is 5.02 Å². The molecule has 3 aromatic rings. The van der Waals surface area contributed by atoms with Crippen LogP contribution < -0.4 is 32.5 Å². The predicted octanol–water partition coefficient (Wildman–Crippen LogP) is 4.61. The summed E-state index contributed by atoms with van der Waals surface area (Å²) in [4.78, 5) is 43.1. The van der Waals surface area contributed by atoms with Crippen molar-refractivity contribution in [2.45, 2.75) is 39.2 Å². The topological polar surface area (TPSA) is 165 Å². The minimum Gasteiger partial charge on any atom is -0.393 e. The van der Waals surface area contributed by atoms with Crippen molar-refractivity contribution in [2.24, 2.45) is 17.5 Å². The zero-order valence-electron chi connectivity index (χ0n) is 24.6. The standard InChI is InChI=1S/C31H35ClFN7O4/c1-17-6-4-8-23(38-31(43)29(34)18(2)40(35)26-9-5-7-22(32)28(26)33)25-14-19(12-13-36-25)21-11-10-20(37-27(41)16-44-3)15-24(21)39-30(17)42/h5,7,9-15,17,23H,4,6,8,16,34-35H2,1-3H3,(H,37,41)(H,38,43)(H,39,42)/b29-18-/t17-,23?/m0/s1. The molecule has 2 atom stereocenters. The van der Waals surface area contributed by atoms with E-state index in [1.807, 2.05) is 13.0 Å². The van der Waals surface area contributed by atoms with E-state index in [9.17, 15) is 18.8 Å². The van der Waals surface area contributed by atoms with Gasteiger partial charge in [-0.15, -0.1) is 0 Å². The maximum atomic E-state index is 14.6. The average Bonchev–Trinajstić information content (AvgIpc) is 3.00. The van der Waals surface area contributed by atoms with Gasteiger partial charge in [-0.1, -0.05) is 37.1 Å². The van der Waals surface area contributed by atoms with E-state index in [0.29, 0.717) is 41.9 Å². The smallest absolute Gasteiger partial charge is 0.269 e. The molecule has 2 bridgehead atoms. The van der Waals surface area contributed by atoms with Crippen molar-refractivity contribution in [3.05, 3.63) is 82.7 Å². The number of aromatic nitrogens is 1. The Morgan fingerprint density at radius 2 is 1.98 bits per heavy atom. The van der Waals surface area contributed by atoms with Crippen LogP contribution in [-0.4, -0.2) is 36.4 Å². The van der Waals surface area contributed by atoms with Crippen molar-refractivity contribution >= 4 is 46.4 Å². The lowest BCUT2D eigenvalue weighted by Crippen LogP contribution is -2.38. The summed E-state index contributed by atoms with van der Waals surface area (Å²) in [6.45, 7) is 3.21. The molecule has 7 N–H and O–H groups in total. The number of methoxy groups -OCH3 is 1. The van der Waals surface area contributed by atoms with Gasteiger partial charge in [0.1, 0.15) is 12.3 Å². The van der Waals surface area contributed by atoms with E-state index in [-0.39, 0.29) is 46.4 Å². The molecular weight excluding hydrogens is 589 g/mol. The molecule has 2 heterocycles. The van der Waals surface area contributed by atoms with E-state index in [1.165, 1.54) is 32.2 Å². The van der Waals surface area contributed by atoms with Gasteiger partial charge in [-0.3, -0.25) is 24.4 Å². The number of ether oxygens (including phenoxy) is 1. The Bertz CT molecular complexity index is 1600. The highest BCUT2D eigenvalue weighted by molar-refractivity contribution is 6.31. The molecule has 0 saturated heterocycles. The number of anilines is 3. The number of nitrogens with one attached hydrogen (secondary N) is 3. The number of hydrogen-bond acceptors (Lipinski definition) is 8. The fraction of sp³-hybridized carbons (Fsp3) is 0.290. The summed E-state index contributed by atoms with van der Waals surface area (Å²) in [5.41, 5.74) is 9.08. The molecular formula is C31H35ClFN7O4. The van der Waals surface area contributed by atoms with Gasteiger partial charge in [0.25, 0.3) is 5.91 Å². The molecule has 0 aliphatic carbocycles. The molecule has 0 radical (unpaired) electrons. The highest BCUT2D eigenvalue weighted by atomic mass is 35.5. The normalized spacial score (nSPS) is 17.2. The summed E-state index contributed by atoms with van der Waals surface area (Å²) < 4.78 is 19.5. The number of pyridine rings is 1. The fourth-order valence-electron chi connectivity index (χ4n) is 4.81. The summed E-state index contributed by atoms with van der Waals surface area (Å²) >= 11 is 5.89. The number of nitrogens with zero attached hydrogens (tertiary/aromatic N) is 2. The predicted molar refractivity (Wildman–Crippen MR) is 168 cm³/mol. The number of carbonyl (C=O) groups excluding carboxylic acids is 3. The third-order valence-corrected chi connectivity index (χ3v) is 7.65. The largest absolute Gasteiger partial charge is 0.393 e. The van der Waals surface area contributed by atoms with Crippen molar-refractivity contribution in [1.82, 2.24) is 10.3 Å². The highest BCUT2D eigenvalue weighted by Gasteiger charge is 2.24. The van der Waals surface area contributed by atoms with Crippen LogP contribution in [0.25, 0.3) is 11.1 Å². The minimum absolute atomic E-state index is 0.0431. The molecule has 1 unspecified atom stereocenters. The number of hydrazine groups is 1. The van der Waals surface area contributed by atoms with Gasteiger partial charge >= 0.3 is 0 Å². The Morgan fingerprint density at radius 3 is 2.73 bits per heavy atom. The van der Waals surface area contributed by atoms with Crippen molar-refractivity contribution < 1.29 is 23.5 Å². The number of carbonyl (C=O) groups is 3. The molecule has 232 valence electrons. The zero-order valence-corrected chi connectivity index (χ0v) is 25.4. The first-order chi connectivity index (χ1) is 21.0. The van der Waals surface area contributed by atoms with Crippen molar-refractivity contribution in [1.29, 1.82) is 0 Å². The SMILES string of the molecule is COCC(=O)Nc1ccc2c(c1)NC(=O)[C@@H](C)CCCC(NC(=O)/C(N)=C(\C)N(N)c1cccc(Cl)c1F)c1cc-2ccn1. The third kappa shape index (κ3) is 7.51. The Kier molecular flexibility index (Phi) is 10.5. The van der Waals surface area contributed by atoms with Gasteiger partial charge in [-0.05, 0) is 61.7 Å². The zero-order chi connectivity index (χ0) is 32.0. The maximum absolute atomic E-state index is 14.6. The molecule has 1 aliphatic heterocycles. The summed E-state index contributed by atoms with van der Waals surface area (Å²) in [6.07, 6.45) is 3.21. The van der Waals surface area contributed by atoms with Crippen molar-refractivity contribution in [3.8, 4) is 11.1 Å². The van der Waals surface area contributed by atoms with Gasteiger partial charge in [0, 0.05) is 30.5 Å². The summed E-state index contributed by atoms with van der Waals surface area (Å²) in [6, 6.07) is 12.6. The molecule has 4 rings (SSSR count). The van der Waals surface area contributed by atoms with Gasteiger partial charge < -0.3 is 26.4 Å². The monoisotopic (exact) mass is 623 g/mol. The van der Waals surface area contributed by atoms with Crippen LogP contribution in [0.5, 0.6) is 0 Å². The number of rotatable bonds is 7. The average molecular weight is 624 g/mol. The number of fused-ring (bicyclic) bond motifs is 4. The number of halogens is 2. The molecule has 2 aromatic carbocycles. The summed E-state index contributed by atoms with van der Waals surface area (Å²) in [7, 11) is 1.43. The molecule has 0 spiro atoms. The second-order valence-corrected chi connectivity index (χ2v) is 10.9. The molecule has 3 amide bonds. The number of allylic oxidation sites excluding steroid dienone is 1. The fourth-order valence-corrected chi connectivity index (χ4v) is 4.98. The Hall–Kier alpha value is -4.52. The lowest BCUT2D eigenvalue weighted by Gasteiger charge is -2.24. The van der Waals surface area contributed by atoms with Gasteiger partial charge in [-0.25, -0.2) is 10.2 Å². The van der Waals surface area contributed by atoms with E-state index >= 15 is 0 Å². The molecule has 44 heavy (non-hydrogen) atoms. The van der Waals surface area contributed by atoms with Crippen LogP contribution in [0.4, 0.5) is 21.5 Å². The van der Waals surface area contributed by atoms with Crippen LogP contribution in [0.1, 0.15) is 44.8 Å². The molecule has 13 heteroatoms. The van der Waals surface area contributed by atoms with Gasteiger partial charge in [0.2, 0.25) is 11.8 Å². The first-order valence-electron chi connectivity index (χ1n) is 14.0. The highest BCUT2D eigenvalue weighted by Crippen LogP contribution is 2.34. The number of benzene rings is 2. The first kappa shape index (κ1) is 32.4. The molecule has 1 aromatic heterocycles. The lowest BCUT2D eigenvalue weighted by atomic mass is 9.95. The molecule has 0 fully saturated rings. The van der Waals surface area contributed by atoms with Crippen LogP contribution in [0, 0.1) is 11.7 Å². The molecule has 0 saturated carbocycles. The first-order valence-corrected chi connectivity index (χ1v) is 14.3. The van der Waals surface area contributed by atoms with Gasteiger partial charge in [0.15, 0.2) is 5.82 Å². The van der Waals surface area contributed by atoms with Gasteiger partial charge in [0.05, 0.1) is 33.8 Å². The van der Waals surface area contributed by atoms with Crippen molar-refractivity contribution in [2.75, 3.05) is 29.4 Å². The Labute approximate surface area is 259 Å².